The fourth-order valence-corrected chi connectivity index (χ4v) is 4.19. The Hall–Kier alpha value is -3.53. The Labute approximate surface area is 205 Å². The van der Waals surface area contributed by atoms with Crippen LogP contribution in [0, 0.1) is 6.92 Å². The molecule has 184 valence electrons. The molecule has 3 aromatic rings. The maximum Gasteiger partial charge on any atom is 0.297 e. The van der Waals surface area contributed by atoms with Crippen LogP contribution >= 0.6 is 0 Å². The smallest absolute Gasteiger partial charge is 0.297 e. The Balaban J connectivity index is 1.53. The summed E-state index contributed by atoms with van der Waals surface area (Å²) in [4.78, 5) is 39.3. The van der Waals surface area contributed by atoms with Gasteiger partial charge in [-0.3, -0.25) is 23.9 Å². The lowest BCUT2D eigenvalue weighted by atomic mass is 10.1. The first-order valence-corrected chi connectivity index (χ1v) is 11.7. The summed E-state index contributed by atoms with van der Waals surface area (Å²) < 4.78 is 1.50. The number of rotatable bonds is 8. The van der Waals surface area contributed by atoms with Gasteiger partial charge in [0.15, 0.2) is 5.82 Å². The minimum atomic E-state index is -0.383. The quantitative estimate of drug-likeness (QED) is 0.482. The van der Waals surface area contributed by atoms with Crippen LogP contribution in [-0.2, 0) is 17.9 Å². The van der Waals surface area contributed by atoms with Gasteiger partial charge in [0, 0.05) is 57.2 Å². The van der Waals surface area contributed by atoms with Crippen molar-refractivity contribution >= 4 is 11.7 Å². The second-order valence-electron chi connectivity index (χ2n) is 8.79. The molecule has 1 aliphatic heterocycles. The van der Waals surface area contributed by atoms with Crippen LogP contribution in [-0.4, -0.2) is 65.6 Å². The molecule has 0 unspecified atom stereocenters. The largest absolute Gasteiger partial charge is 0.361 e. The molecule has 0 atom stereocenters. The van der Waals surface area contributed by atoms with Crippen molar-refractivity contribution in [2.75, 3.05) is 45.7 Å². The van der Waals surface area contributed by atoms with Crippen LogP contribution in [0.1, 0.15) is 27.0 Å². The molecule has 1 amide bonds. The van der Waals surface area contributed by atoms with Gasteiger partial charge in [-0.15, -0.1) is 0 Å². The Morgan fingerprint density at radius 1 is 1.09 bits per heavy atom. The lowest BCUT2D eigenvalue weighted by Crippen LogP contribution is -2.44. The highest BCUT2D eigenvalue weighted by atomic mass is 16.6. The summed E-state index contributed by atoms with van der Waals surface area (Å²) in [7, 11) is 3.53. The maximum absolute atomic E-state index is 13.3. The van der Waals surface area contributed by atoms with E-state index in [2.05, 4.69) is 50.8 Å². The molecule has 0 spiro atoms. The standard InChI is InChI=1S/C26H32N6O3/c1-19-8-9-20(25(33)29-35-3)16-23(19)32-11-10-27-24(26(32)34)28-17-21-6-4-5-7-22(21)18-31-14-12-30(2)13-15-31/h4-11,16H,12-15,17-18H2,1-3H3,(H,27,28)(H,29,33). The fraction of sp³-hybridized carbons (Fsp3) is 0.346. The number of carbonyl (C=O) groups is 1. The molecule has 1 aliphatic rings. The molecule has 2 heterocycles. The Kier molecular flexibility index (Phi) is 7.91. The molecule has 4 rings (SSSR count). The minimum Gasteiger partial charge on any atom is -0.361 e. The van der Waals surface area contributed by atoms with E-state index in [9.17, 15) is 9.59 Å². The molecule has 0 saturated carbocycles. The van der Waals surface area contributed by atoms with Crippen molar-refractivity contribution in [3.05, 3.63) is 87.5 Å². The second kappa shape index (κ2) is 11.3. The molecule has 0 radical (unpaired) electrons. The number of piperazine rings is 1. The van der Waals surface area contributed by atoms with Crippen LogP contribution in [0.3, 0.4) is 0 Å². The molecule has 0 bridgehead atoms. The number of hydroxylamine groups is 1. The molecule has 0 aliphatic carbocycles. The topological polar surface area (TPSA) is 91.7 Å². The molecule has 2 aromatic carbocycles. The summed E-state index contributed by atoms with van der Waals surface area (Å²) >= 11 is 0. The lowest BCUT2D eigenvalue weighted by Gasteiger charge is -2.32. The zero-order valence-corrected chi connectivity index (χ0v) is 20.5. The summed E-state index contributed by atoms with van der Waals surface area (Å²) in [6.45, 7) is 7.50. The van der Waals surface area contributed by atoms with E-state index in [0.29, 0.717) is 17.8 Å². The van der Waals surface area contributed by atoms with E-state index < -0.39 is 0 Å². The third kappa shape index (κ3) is 5.94. The molecular weight excluding hydrogens is 444 g/mol. The summed E-state index contributed by atoms with van der Waals surface area (Å²) in [5.74, 6) is -0.126. The fourth-order valence-electron chi connectivity index (χ4n) is 4.19. The van der Waals surface area contributed by atoms with Gasteiger partial charge in [0.1, 0.15) is 0 Å². The van der Waals surface area contributed by atoms with Crippen molar-refractivity contribution in [3.8, 4) is 5.69 Å². The van der Waals surface area contributed by atoms with E-state index in [-0.39, 0.29) is 17.3 Å². The van der Waals surface area contributed by atoms with Gasteiger partial charge in [0.2, 0.25) is 0 Å². The Morgan fingerprint density at radius 3 is 2.57 bits per heavy atom. The van der Waals surface area contributed by atoms with Gasteiger partial charge in [0.25, 0.3) is 11.5 Å². The number of anilines is 1. The van der Waals surface area contributed by atoms with Gasteiger partial charge in [0.05, 0.1) is 12.8 Å². The lowest BCUT2D eigenvalue weighted by molar-refractivity contribution is 0.0537. The van der Waals surface area contributed by atoms with Crippen molar-refractivity contribution in [2.45, 2.75) is 20.0 Å². The number of aryl methyl sites for hydroxylation is 1. The first-order valence-electron chi connectivity index (χ1n) is 11.7. The van der Waals surface area contributed by atoms with Gasteiger partial charge in [-0.2, -0.15) is 0 Å². The average molecular weight is 477 g/mol. The zero-order chi connectivity index (χ0) is 24.8. The third-order valence-electron chi connectivity index (χ3n) is 6.32. The first kappa shape index (κ1) is 24.6. The molecule has 2 N–H and O–H groups in total. The molecule has 1 aromatic heterocycles. The van der Waals surface area contributed by atoms with Gasteiger partial charge < -0.3 is 10.2 Å². The van der Waals surface area contributed by atoms with Crippen LogP contribution in [0.25, 0.3) is 5.69 Å². The highest BCUT2D eigenvalue weighted by molar-refractivity contribution is 5.94. The Bertz CT molecular complexity index is 1230. The number of benzene rings is 2. The van der Waals surface area contributed by atoms with Crippen LogP contribution in [0.4, 0.5) is 5.82 Å². The van der Waals surface area contributed by atoms with Gasteiger partial charge in [-0.1, -0.05) is 30.3 Å². The maximum atomic E-state index is 13.3. The summed E-state index contributed by atoms with van der Waals surface area (Å²) in [6, 6.07) is 13.5. The molecule has 9 heteroatoms. The Morgan fingerprint density at radius 2 is 1.83 bits per heavy atom. The number of nitrogens with one attached hydrogen (secondary N) is 2. The van der Waals surface area contributed by atoms with Gasteiger partial charge in [-0.25, -0.2) is 10.5 Å². The highest BCUT2D eigenvalue weighted by Gasteiger charge is 2.16. The highest BCUT2D eigenvalue weighted by Crippen LogP contribution is 2.17. The van der Waals surface area contributed by atoms with Crippen LogP contribution in [0.15, 0.2) is 59.7 Å². The van der Waals surface area contributed by atoms with Gasteiger partial charge >= 0.3 is 0 Å². The molecule has 1 fully saturated rings. The van der Waals surface area contributed by atoms with E-state index in [0.717, 1.165) is 43.9 Å². The number of aromatic nitrogens is 2. The first-order chi connectivity index (χ1) is 17.0. The van der Waals surface area contributed by atoms with Crippen molar-refractivity contribution in [1.29, 1.82) is 0 Å². The number of amides is 1. The summed E-state index contributed by atoms with van der Waals surface area (Å²) in [5.41, 5.74) is 6.26. The molecule has 9 nitrogen and oxygen atoms in total. The third-order valence-corrected chi connectivity index (χ3v) is 6.32. The van der Waals surface area contributed by atoms with Crippen molar-refractivity contribution in [3.63, 3.8) is 0 Å². The normalized spacial score (nSPS) is 14.6. The van der Waals surface area contributed by atoms with E-state index in [1.807, 2.05) is 13.0 Å². The van der Waals surface area contributed by atoms with Crippen LogP contribution in [0.2, 0.25) is 0 Å². The van der Waals surface area contributed by atoms with Crippen molar-refractivity contribution in [1.82, 2.24) is 24.8 Å². The van der Waals surface area contributed by atoms with E-state index >= 15 is 0 Å². The molecule has 35 heavy (non-hydrogen) atoms. The monoisotopic (exact) mass is 476 g/mol. The van der Waals surface area contributed by atoms with Gasteiger partial charge in [-0.05, 0) is 42.8 Å². The number of hydrogen-bond acceptors (Lipinski definition) is 7. The molecule has 1 saturated heterocycles. The predicted octanol–water partition coefficient (Wildman–Crippen LogP) is 2.19. The summed E-state index contributed by atoms with van der Waals surface area (Å²) in [6.07, 6.45) is 3.19. The number of nitrogens with zero attached hydrogens (tertiary/aromatic N) is 4. The van der Waals surface area contributed by atoms with E-state index in [1.54, 1.807) is 30.6 Å². The van der Waals surface area contributed by atoms with Crippen molar-refractivity contribution in [2.24, 2.45) is 0 Å². The number of carbonyl (C=O) groups excluding carboxylic acids is 1. The number of hydrogen-bond donors (Lipinski definition) is 2. The second-order valence-corrected chi connectivity index (χ2v) is 8.79. The predicted molar refractivity (Wildman–Crippen MR) is 136 cm³/mol. The average Bonchev–Trinajstić information content (AvgIpc) is 2.86. The van der Waals surface area contributed by atoms with Crippen molar-refractivity contribution < 1.29 is 9.63 Å². The number of likely N-dealkylation sites (N-methyl/N-ethyl adjacent to an activating group) is 1. The van der Waals surface area contributed by atoms with Crippen LogP contribution in [0.5, 0.6) is 0 Å². The zero-order valence-electron chi connectivity index (χ0n) is 20.5. The molecular formula is C26H32N6O3. The SMILES string of the molecule is CONC(=O)c1ccc(C)c(-n2ccnc(NCc3ccccc3CN3CCN(C)CC3)c2=O)c1. The minimum absolute atomic E-state index is 0.257. The summed E-state index contributed by atoms with van der Waals surface area (Å²) in [5, 5.41) is 3.23. The van der Waals surface area contributed by atoms with E-state index in [4.69, 9.17) is 4.84 Å². The van der Waals surface area contributed by atoms with E-state index in [1.165, 1.54) is 17.2 Å². The van der Waals surface area contributed by atoms with Crippen LogP contribution < -0.4 is 16.4 Å².